The highest BCUT2D eigenvalue weighted by Crippen LogP contribution is 2.40. The fourth-order valence-electron chi connectivity index (χ4n) is 5.22. The van der Waals surface area contributed by atoms with Gasteiger partial charge in [0, 0.05) is 30.0 Å². The van der Waals surface area contributed by atoms with Gasteiger partial charge in [-0.2, -0.15) is 13.2 Å². The molecule has 1 aromatic heterocycles. The van der Waals surface area contributed by atoms with Crippen molar-refractivity contribution in [1.82, 2.24) is 4.90 Å². The molecular weight excluding hydrogens is 487 g/mol. The lowest BCUT2D eigenvalue weighted by molar-refractivity contribution is -0.141. The van der Waals surface area contributed by atoms with Gasteiger partial charge in [0.1, 0.15) is 11.3 Å². The third-order valence-corrected chi connectivity index (χ3v) is 6.91. The summed E-state index contributed by atoms with van der Waals surface area (Å²) in [6, 6.07) is 1.93. The van der Waals surface area contributed by atoms with Gasteiger partial charge in [0.25, 0.3) is 0 Å². The number of unbranched alkanes of at least 4 members (excludes halogenated alkanes) is 1. The van der Waals surface area contributed by atoms with Crippen LogP contribution in [0.4, 0.5) is 13.2 Å². The number of halogens is 3. The smallest absolute Gasteiger partial charge is 0.417 e. The van der Waals surface area contributed by atoms with E-state index in [4.69, 9.17) is 9.15 Å². The fourth-order valence-corrected chi connectivity index (χ4v) is 5.22. The molecule has 0 aliphatic carbocycles. The Kier molecular flexibility index (Phi) is 9.08. The van der Waals surface area contributed by atoms with Gasteiger partial charge in [0.15, 0.2) is 0 Å². The van der Waals surface area contributed by atoms with Crippen LogP contribution in [0.2, 0.25) is 0 Å². The molecule has 1 atom stereocenters. The normalized spacial score (nSPS) is 18.3. The Balaban J connectivity index is 1.82. The number of hydrogen-bond donors (Lipinski definition) is 0. The fraction of sp³-hybridized carbons (Fsp3) is 0.607. The van der Waals surface area contributed by atoms with Gasteiger partial charge in [0.2, 0.25) is 11.8 Å². The van der Waals surface area contributed by atoms with Crippen molar-refractivity contribution in [2.75, 3.05) is 13.2 Å². The van der Waals surface area contributed by atoms with Crippen LogP contribution in [0.15, 0.2) is 21.3 Å². The number of nitrogens with zero attached hydrogens (tertiary/aromatic N) is 1. The van der Waals surface area contributed by atoms with Crippen molar-refractivity contribution >= 4 is 22.8 Å². The number of imide groups is 1. The molecule has 1 unspecified atom stereocenters. The average molecular weight is 524 g/mol. The summed E-state index contributed by atoms with van der Waals surface area (Å²) < 4.78 is 52.6. The second-order valence-electron chi connectivity index (χ2n) is 10.1. The lowest BCUT2D eigenvalue weighted by Crippen LogP contribution is -2.35. The van der Waals surface area contributed by atoms with Gasteiger partial charge in [-0.05, 0) is 43.7 Å². The van der Waals surface area contributed by atoms with Crippen molar-refractivity contribution in [3.63, 3.8) is 0 Å². The molecule has 2 heterocycles. The first-order chi connectivity index (χ1) is 17.5. The van der Waals surface area contributed by atoms with Crippen LogP contribution in [0, 0.1) is 5.41 Å². The first kappa shape index (κ1) is 28.7. The predicted molar refractivity (Wildman–Crippen MR) is 135 cm³/mol. The predicted octanol–water partition coefficient (Wildman–Crippen LogP) is 6.44. The molecule has 1 aliphatic rings. The molecule has 1 saturated heterocycles. The van der Waals surface area contributed by atoms with Gasteiger partial charge in [0.05, 0.1) is 17.6 Å². The highest BCUT2D eigenvalue weighted by Gasteiger charge is 2.46. The second kappa shape index (κ2) is 11.7. The molecule has 1 aliphatic heterocycles. The molecule has 0 N–H and O–H groups in total. The van der Waals surface area contributed by atoms with Crippen molar-refractivity contribution in [3.05, 3.63) is 39.2 Å². The highest BCUT2D eigenvalue weighted by atomic mass is 19.4. The summed E-state index contributed by atoms with van der Waals surface area (Å²) in [6.07, 6.45) is 0.347. The minimum Gasteiger partial charge on any atom is -0.493 e. The summed E-state index contributed by atoms with van der Waals surface area (Å²) in [5.41, 5.74) is -1.67. The lowest BCUT2D eigenvalue weighted by atomic mass is 9.84. The molecule has 9 heteroatoms. The Hall–Kier alpha value is -2.84. The topological polar surface area (TPSA) is 76.8 Å². The van der Waals surface area contributed by atoms with E-state index in [0.717, 1.165) is 6.42 Å². The van der Waals surface area contributed by atoms with Crippen molar-refractivity contribution in [2.24, 2.45) is 5.41 Å². The number of likely N-dealkylation sites (tertiary alicyclic amines) is 1. The van der Waals surface area contributed by atoms with Crippen LogP contribution in [-0.4, -0.2) is 29.9 Å². The first-order valence-corrected chi connectivity index (χ1v) is 13.1. The number of fused-ring (bicyclic) bond motifs is 1. The number of carbonyl (C=O) groups is 2. The van der Waals surface area contributed by atoms with Crippen LogP contribution in [0.3, 0.4) is 0 Å². The van der Waals surface area contributed by atoms with E-state index in [1.54, 1.807) is 0 Å². The molecule has 204 valence electrons. The molecule has 1 fully saturated rings. The quantitative estimate of drug-likeness (QED) is 0.182. The monoisotopic (exact) mass is 523 g/mol. The van der Waals surface area contributed by atoms with Crippen LogP contribution in [-0.2, 0) is 28.6 Å². The number of benzene rings is 1. The standard InChI is InChI=1S/C28H36F3NO5/c1-5-10-18-15-20-21(28(29,30)31)16-23(34)37-25(20)19(11-6-2)24(18)36-14-9-8-13-32-22(33)17-27(4,12-7-3)26(32)35/h15-16H,5-14,17H2,1-4H3. The summed E-state index contributed by atoms with van der Waals surface area (Å²) in [7, 11) is 0. The largest absolute Gasteiger partial charge is 0.493 e. The summed E-state index contributed by atoms with van der Waals surface area (Å²) in [5.74, 6) is 0.186. The first-order valence-electron chi connectivity index (χ1n) is 13.1. The highest BCUT2D eigenvalue weighted by molar-refractivity contribution is 6.05. The molecule has 0 bridgehead atoms. The van der Waals surface area contributed by atoms with Gasteiger partial charge in [-0.15, -0.1) is 0 Å². The van der Waals surface area contributed by atoms with Crippen molar-refractivity contribution in [1.29, 1.82) is 0 Å². The molecular formula is C28H36F3NO5. The summed E-state index contributed by atoms with van der Waals surface area (Å²) in [5, 5.41) is -0.132. The second-order valence-corrected chi connectivity index (χ2v) is 10.1. The van der Waals surface area contributed by atoms with E-state index >= 15 is 0 Å². The number of aryl methyl sites for hydroxylation is 2. The molecule has 0 spiro atoms. The Morgan fingerprint density at radius 2 is 1.73 bits per heavy atom. The van der Waals surface area contributed by atoms with Crippen LogP contribution in [0.25, 0.3) is 11.0 Å². The van der Waals surface area contributed by atoms with E-state index < -0.39 is 22.8 Å². The van der Waals surface area contributed by atoms with Crippen LogP contribution < -0.4 is 10.4 Å². The average Bonchev–Trinajstić information content (AvgIpc) is 3.02. The van der Waals surface area contributed by atoms with E-state index in [1.807, 2.05) is 27.7 Å². The van der Waals surface area contributed by atoms with Crippen molar-refractivity contribution in [3.8, 4) is 5.75 Å². The summed E-state index contributed by atoms with van der Waals surface area (Å²) in [6.45, 7) is 8.22. The molecule has 2 amide bonds. The number of rotatable bonds is 12. The minimum absolute atomic E-state index is 0.0833. The zero-order chi connectivity index (χ0) is 27.4. The maximum absolute atomic E-state index is 13.7. The molecule has 37 heavy (non-hydrogen) atoms. The van der Waals surface area contributed by atoms with Crippen molar-refractivity contribution in [2.45, 2.75) is 91.7 Å². The van der Waals surface area contributed by atoms with Crippen LogP contribution in [0.1, 0.15) is 89.3 Å². The SMILES string of the molecule is CCCc1cc2c(C(F)(F)F)cc(=O)oc2c(CCC)c1OCCCCN1C(=O)CC(C)(CCC)C1=O. The van der Waals surface area contributed by atoms with Crippen molar-refractivity contribution < 1.29 is 31.9 Å². The third-order valence-electron chi connectivity index (χ3n) is 6.91. The number of amides is 2. The number of alkyl halides is 3. The Labute approximate surface area is 215 Å². The summed E-state index contributed by atoms with van der Waals surface area (Å²) in [4.78, 5) is 38.5. The Morgan fingerprint density at radius 1 is 1.03 bits per heavy atom. The van der Waals surface area contributed by atoms with Crippen LogP contribution in [0.5, 0.6) is 5.75 Å². The number of carbonyl (C=O) groups excluding carboxylic acids is 2. The van der Waals surface area contributed by atoms with Gasteiger partial charge in [-0.3, -0.25) is 14.5 Å². The van der Waals surface area contributed by atoms with Gasteiger partial charge in [-0.25, -0.2) is 4.79 Å². The number of hydrogen-bond acceptors (Lipinski definition) is 5. The maximum Gasteiger partial charge on any atom is 0.417 e. The van der Waals surface area contributed by atoms with E-state index in [1.165, 1.54) is 11.0 Å². The van der Waals surface area contributed by atoms with Crippen LogP contribution >= 0.6 is 0 Å². The van der Waals surface area contributed by atoms with Gasteiger partial charge >= 0.3 is 11.8 Å². The zero-order valence-corrected chi connectivity index (χ0v) is 22.1. The Morgan fingerprint density at radius 3 is 2.35 bits per heavy atom. The third kappa shape index (κ3) is 6.18. The Bertz CT molecular complexity index is 1200. The lowest BCUT2D eigenvalue weighted by Gasteiger charge is -2.21. The molecule has 1 aromatic carbocycles. The molecule has 3 rings (SSSR count). The van der Waals surface area contributed by atoms with Gasteiger partial charge in [-0.1, -0.05) is 47.0 Å². The molecule has 6 nitrogen and oxygen atoms in total. The van der Waals surface area contributed by atoms with Gasteiger partial charge < -0.3 is 9.15 Å². The molecule has 0 saturated carbocycles. The van der Waals surface area contributed by atoms with E-state index in [0.29, 0.717) is 74.4 Å². The van der Waals surface area contributed by atoms with E-state index in [2.05, 4.69) is 0 Å². The zero-order valence-electron chi connectivity index (χ0n) is 22.1. The molecule has 2 aromatic rings. The van der Waals surface area contributed by atoms with E-state index in [-0.39, 0.29) is 35.8 Å². The minimum atomic E-state index is -4.69. The molecule has 0 radical (unpaired) electrons. The number of ether oxygens (including phenoxy) is 1. The summed E-state index contributed by atoms with van der Waals surface area (Å²) >= 11 is 0. The maximum atomic E-state index is 13.7. The van der Waals surface area contributed by atoms with E-state index in [9.17, 15) is 27.6 Å².